The van der Waals surface area contributed by atoms with E-state index in [-0.39, 0.29) is 18.7 Å². The largest absolute Gasteiger partial charge is 0.456 e. The number of ether oxygens (including phenoxy) is 2. The van der Waals surface area contributed by atoms with Crippen molar-refractivity contribution >= 4 is 22.8 Å². The summed E-state index contributed by atoms with van der Waals surface area (Å²) in [5, 5.41) is 0.966. The molecule has 0 aliphatic rings. The van der Waals surface area contributed by atoms with Crippen molar-refractivity contribution in [2.24, 2.45) is 0 Å². The minimum atomic E-state index is -0.376. The van der Waals surface area contributed by atoms with Crippen LogP contribution in [0.5, 0.6) is 0 Å². The van der Waals surface area contributed by atoms with Crippen LogP contribution in [0.1, 0.15) is 29.4 Å². The lowest BCUT2D eigenvalue weighted by molar-refractivity contribution is 0.0457. The number of aryl methyl sites for hydroxylation is 1. The topological polar surface area (TPSA) is 57.5 Å². The molecule has 0 spiro atoms. The molecule has 1 atom stereocenters. The summed E-state index contributed by atoms with van der Waals surface area (Å²) in [6, 6.07) is 19.2. The highest BCUT2D eigenvalue weighted by atomic mass is 16.5. The van der Waals surface area contributed by atoms with E-state index in [4.69, 9.17) is 9.47 Å². The maximum Gasteiger partial charge on any atom is 0.355 e. The average molecular weight is 377 g/mol. The third-order valence-corrected chi connectivity index (χ3v) is 4.50. The van der Waals surface area contributed by atoms with Crippen molar-refractivity contribution in [2.45, 2.75) is 32.6 Å². The number of para-hydroxylation sites is 1. The van der Waals surface area contributed by atoms with Gasteiger partial charge in [-0.2, -0.15) is 0 Å². The molecule has 5 nitrogen and oxygen atoms in total. The van der Waals surface area contributed by atoms with Crippen molar-refractivity contribution in [1.29, 1.82) is 0 Å². The molecule has 0 fully saturated rings. The van der Waals surface area contributed by atoms with Crippen LogP contribution in [-0.2, 0) is 27.4 Å². The summed E-state index contributed by atoms with van der Waals surface area (Å²) in [7, 11) is 0. The van der Waals surface area contributed by atoms with Gasteiger partial charge >= 0.3 is 5.97 Å². The zero-order valence-corrected chi connectivity index (χ0v) is 15.8. The zero-order chi connectivity index (χ0) is 19.8. The SMILES string of the molecule is CCOC(C=C=O)CCn1c(C(=O)OCc2ccccc2)cc2ccccc21. The first-order valence-corrected chi connectivity index (χ1v) is 9.35. The second kappa shape index (κ2) is 9.70. The molecule has 2 aromatic carbocycles. The maximum atomic E-state index is 12.8. The van der Waals surface area contributed by atoms with Gasteiger partial charge in [-0.25, -0.2) is 9.59 Å². The van der Waals surface area contributed by atoms with Gasteiger partial charge in [-0.1, -0.05) is 48.5 Å². The Balaban J connectivity index is 1.81. The molecular formula is C23H23NO4. The molecule has 3 rings (SSSR count). The van der Waals surface area contributed by atoms with Crippen LogP contribution in [0.4, 0.5) is 0 Å². The third-order valence-electron chi connectivity index (χ3n) is 4.50. The first-order valence-electron chi connectivity index (χ1n) is 9.35. The normalized spacial score (nSPS) is 11.8. The summed E-state index contributed by atoms with van der Waals surface area (Å²) in [5.41, 5.74) is 2.37. The van der Waals surface area contributed by atoms with Gasteiger partial charge in [0.15, 0.2) is 0 Å². The Hall–Kier alpha value is -3.14. The number of benzene rings is 2. The standard InChI is InChI=1S/C23H23NO4/c1-2-27-20(13-15-25)12-14-24-21-11-7-6-10-19(21)16-22(24)23(26)28-17-18-8-4-3-5-9-18/h3-11,13,16,20H,2,12,14,17H2,1H3. The Morgan fingerprint density at radius 1 is 1.14 bits per heavy atom. The predicted octanol–water partition coefficient (Wildman–Crippen LogP) is 4.18. The van der Waals surface area contributed by atoms with Crippen molar-refractivity contribution in [3.8, 4) is 0 Å². The molecule has 0 bridgehead atoms. The number of nitrogens with zero attached hydrogens (tertiary/aromatic N) is 1. The lowest BCUT2D eigenvalue weighted by Gasteiger charge is -2.15. The van der Waals surface area contributed by atoms with Crippen LogP contribution in [-0.4, -0.2) is 29.2 Å². The number of carbonyl (C=O) groups is 1. The lowest BCUT2D eigenvalue weighted by Crippen LogP contribution is -2.17. The first kappa shape index (κ1) is 19.6. The lowest BCUT2D eigenvalue weighted by atomic mass is 10.2. The minimum absolute atomic E-state index is 0.219. The highest BCUT2D eigenvalue weighted by Crippen LogP contribution is 2.22. The Kier molecular flexibility index (Phi) is 6.79. The molecule has 0 radical (unpaired) electrons. The van der Waals surface area contributed by atoms with Crippen LogP contribution in [0.2, 0.25) is 0 Å². The molecule has 0 amide bonds. The van der Waals surface area contributed by atoms with Gasteiger partial charge in [-0.15, -0.1) is 0 Å². The number of carbonyl (C=O) groups excluding carboxylic acids is 2. The highest BCUT2D eigenvalue weighted by Gasteiger charge is 2.18. The predicted molar refractivity (Wildman–Crippen MR) is 108 cm³/mol. The fourth-order valence-corrected chi connectivity index (χ4v) is 3.18. The van der Waals surface area contributed by atoms with Crippen LogP contribution in [0, 0.1) is 0 Å². The van der Waals surface area contributed by atoms with E-state index >= 15 is 0 Å². The molecule has 5 heteroatoms. The van der Waals surface area contributed by atoms with Gasteiger partial charge in [-0.05, 0) is 31.0 Å². The molecule has 0 aliphatic carbocycles. The van der Waals surface area contributed by atoms with Crippen molar-refractivity contribution in [1.82, 2.24) is 4.57 Å². The maximum absolute atomic E-state index is 12.8. The molecule has 1 unspecified atom stereocenters. The minimum Gasteiger partial charge on any atom is -0.456 e. The average Bonchev–Trinajstić information content (AvgIpc) is 3.10. The quantitative estimate of drug-likeness (QED) is 0.415. The number of fused-ring (bicyclic) bond motifs is 1. The zero-order valence-electron chi connectivity index (χ0n) is 15.8. The fraction of sp³-hybridized carbons (Fsp3) is 0.261. The van der Waals surface area contributed by atoms with Crippen LogP contribution in [0.15, 0.2) is 66.7 Å². The summed E-state index contributed by atoms with van der Waals surface area (Å²) in [5.74, 6) is 1.42. The van der Waals surface area contributed by atoms with Crippen LogP contribution >= 0.6 is 0 Å². The number of esters is 1. The van der Waals surface area contributed by atoms with Crippen LogP contribution < -0.4 is 0 Å². The molecule has 0 saturated heterocycles. The summed E-state index contributed by atoms with van der Waals surface area (Å²) in [6.07, 6.45) is 1.60. The van der Waals surface area contributed by atoms with E-state index < -0.39 is 0 Å². The molecule has 0 saturated carbocycles. The summed E-state index contributed by atoms with van der Waals surface area (Å²) >= 11 is 0. The van der Waals surface area contributed by atoms with E-state index in [9.17, 15) is 9.59 Å². The van der Waals surface area contributed by atoms with Gasteiger partial charge in [0, 0.05) is 30.1 Å². The van der Waals surface area contributed by atoms with E-state index in [0.717, 1.165) is 16.5 Å². The third kappa shape index (κ3) is 4.77. The van der Waals surface area contributed by atoms with E-state index in [0.29, 0.717) is 25.3 Å². The van der Waals surface area contributed by atoms with E-state index in [1.807, 2.05) is 72.2 Å². The molecule has 28 heavy (non-hydrogen) atoms. The second-order valence-corrected chi connectivity index (χ2v) is 6.37. The smallest absolute Gasteiger partial charge is 0.355 e. The number of aromatic nitrogens is 1. The number of hydrogen-bond acceptors (Lipinski definition) is 4. The Bertz CT molecular complexity index is 971. The number of rotatable bonds is 9. The van der Waals surface area contributed by atoms with E-state index in [2.05, 4.69) is 0 Å². The van der Waals surface area contributed by atoms with Gasteiger partial charge in [0.2, 0.25) is 0 Å². The van der Waals surface area contributed by atoms with Gasteiger partial charge in [0.25, 0.3) is 0 Å². The Morgan fingerprint density at radius 2 is 1.89 bits per heavy atom. The highest BCUT2D eigenvalue weighted by molar-refractivity contribution is 5.95. The molecule has 1 heterocycles. The van der Waals surface area contributed by atoms with Crippen molar-refractivity contribution in [2.75, 3.05) is 6.61 Å². The monoisotopic (exact) mass is 377 g/mol. The second-order valence-electron chi connectivity index (χ2n) is 6.37. The molecular weight excluding hydrogens is 354 g/mol. The molecule has 144 valence electrons. The van der Waals surface area contributed by atoms with Gasteiger partial charge in [0.05, 0.1) is 6.10 Å². The van der Waals surface area contributed by atoms with E-state index in [1.165, 1.54) is 6.08 Å². The molecule has 1 aromatic heterocycles. The molecule has 0 aliphatic heterocycles. The van der Waals surface area contributed by atoms with Crippen LogP contribution in [0.3, 0.4) is 0 Å². The van der Waals surface area contributed by atoms with Gasteiger partial charge in [-0.3, -0.25) is 0 Å². The van der Waals surface area contributed by atoms with Crippen molar-refractivity contribution < 1.29 is 19.1 Å². The molecule has 3 aromatic rings. The Labute approximate surface area is 164 Å². The summed E-state index contributed by atoms with van der Waals surface area (Å²) in [6.45, 7) is 3.12. The molecule has 0 N–H and O–H groups in total. The van der Waals surface area contributed by atoms with Gasteiger partial charge in [0.1, 0.15) is 18.2 Å². The fourth-order valence-electron chi connectivity index (χ4n) is 3.18. The number of hydrogen-bond donors (Lipinski definition) is 0. The van der Waals surface area contributed by atoms with Gasteiger partial charge < -0.3 is 14.0 Å². The van der Waals surface area contributed by atoms with E-state index in [1.54, 1.807) is 5.94 Å². The van der Waals surface area contributed by atoms with Crippen LogP contribution in [0.25, 0.3) is 10.9 Å². The van der Waals surface area contributed by atoms with Crippen molar-refractivity contribution in [3.63, 3.8) is 0 Å². The summed E-state index contributed by atoms with van der Waals surface area (Å²) < 4.78 is 13.0. The van der Waals surface area contributed by atoms with Crippen molar-refractivity contribution in [3.05, 3.63) is 78.0 Å². The summed E-state index contributed by atoms with van der Waals surface area (Å²) in [4.78, 5) is 23.5. The first-order chi connectivity index (χ1) is 13.7. The Morgan fingerprint density at radius 3 is 2.64 bits per heavy atom.